The smallest absolute Gasteiger partial charge is 0.425 e. The Kier molecular flexibility index (Phi) is 4.67. The van der Waals surface area contributed by atoms with Crippen molar-refractivity contribution < 1.29 is 36.6 Å². The standard InChI is InChI=1S/C17H14F6O2/c1-15(10-2-6-12(24)7-3-10,11-4-8-13(25)9-5-11)16(19,20)14(18)17(21,22)23/h2-9,14,24-25H,1H3. The number of aromatic hydroxyl groups is 2. The van der Waals surface area contributed by atoms with Gasteiger partial charge in [0.25, 0.3) is 6.17 Å². The zero-order valence-corrected chi connectivity index (χ0v) is 12.9. The number of hydrogen-bond acceptors (Lipinski definition) is 2. The van der Waals surface area contributed by atoms with Crippen molar-refractivity contribution in [2.24, 2.45) is 0 Å². The second-order valence-electron chi connectivity index (χ2n) is 5.75. The minimum absolute atomic E-state index is 0.284. The normalized spacial score (nSPS) is 14.4. The van der Waals surface area contributed by atoms with Crippen LogP contribution in [-0.2, 0) is 5.41 Å². The summed E-state index contributed by atoms with van der Waals surface area (Å²) in [4.78, 5) is 0. The molecular weight excluding hydrogens is 350 g/mol. The first kappa shape index (κ1) is 19.0. The van der Waals surface area contributed by atoms with Gasteiger partial charge in [-0.1, -0.05) is 24.3 Å². The second kappa shape index (κ2) is 6.16. The Morgan fingerprint density at radius 2 is 1.04 bits per heavy atom. The first-order chi connectivity index (χ1) is 11.4. The summed E-state index contributed by atoms with van der Waals surface area (Å²) in [5.41, 5.74) is -3.36. The van der Waals surface area contributed by atoms with Gasteiger partial charge in [0.05, 0.1) is 5.41 Å². The van der Waals surface area contributed by atoms with Crippen LogP contribution in [0.5, 0.6) is 11.5 Å². The van der Waals surface area contributed by atoms with E-state index < -0.39 is 23.7 Å². The highest BCUT2D eigenvalue weighted by atomic mass is 19.4. The van der Waals surface area contributed by atoms with Gasteiger partial charge in [-0.25, -0.2) is 13.2 Å². The molecule has 0 aromatic heterocycles. The SMILES string of the molecule is CC(c1ccc(O)cc1)(c1ccc(O)cc1)C(F)(F)C(F)C(F)(F)F. The number of alkyl halides is 6. The number of phenols is 2. The summed E-state index contributed by atoms with van der Waals surface area (Å²) in [5, 5.41) is 18.6. The van der Waals surface area contributed by atoms with Gasteiger partial charge in [0.2, 0.25) is 0 Å². The van der Waals surface area contributed by atoms with Crippen LogP contribution in [0.15, 0.2) is 48.5 Å². The fourth-order valence-corrected chi connectivity index (χ4v) is 2.60. The molecule has 2 nitrogen and oxygen atoms in total. The lowest BCUT2D eigenvalue weighted by atomic mass is 9.69. The summed E-state index contributed by atoms with van der Waals surface area (Å²) >= 11 is 0. The molecule has 0 aliphatic carbocycles. The van der Waals surface area contributed by atoms with Crippen LogP contribution in [0.4, 0.5) is 26.3 Å². The first-order valence-electron chi connectivity index (χ1n) is 7.08. The van der Waals surface area contributed by atoms with Crippen molar-refractivity contribution in [3.63, 3.8) is 0 Å². The van der Waals surface area contributed by atoms with Crippen LogP contribution >= 0.6 is 0 Å². The van der Waals surface area contributed by atoms with Crippen molar-refractivity contribution in [1.29, 1.82) is 0 Å². The molecule has 1 atom stereocenters. The molecule has 0 aliphatic heterocycles. The third-order valence-electron chi connectivity index (χ3n) is 4.16. The van der Waals surface area contributed by atoms with Crippen LogP contribution in [0.1, 0.15) is 18.1 Å². The third-order valence-corrected chi connectivity index (χ3v) is 4.16. The van der Waals surface area contributed by atoms with E-state index in [1.807, 2.05) is 0 Å². The summed E-state index contributed by atoms with van der Waals surface area (Å²) < 4.78 is 81.3. The Bertz CT molecular complexity index is 677. The molecular formula is C17H14F6O2. The molecule has 0 bridgehead atoms. The summed E-state index contributed by atoms with van der Waals surface area (Å²) in [6.45, 7) is 0.782. The van der Waals surface area contributed by atoms with Gasteiger partial charge in [-0.3, -0.25) is 0 Å². The maximum Gasteiger partial charge on any atom is 0.425 e. The van der Waals surface area contributed by atoms with Gasteiger partial charge in [0.15, 0.2) is 0 Å². The number of phenolic OH excluding ortho intramolecular Hbond substituents is 2. The average Bonchev–Trinajstić information content (AvgIpc) is 2.53. The monoisotopic (exact) mass is 364 g/mol. The number of rotatable bonds is 4. The van der Waals surface area contributed by atoms with Crippen molar-refractivity contribution in [2.45, 2.75) is 30.6 Å². The van der Waals surface area contributed by atoms with Crippen LogP contribution in [0.25, 0.3) is 0 Å². The summed E-state index contributed by atoms with van der Waals surface area (Å²) in [6.07, 6.45) is -10.2. The van der Waals surface area contributed by atoms with E-state index in [0.717, 1.165) is 55.5 Å². The minimum atomic E-state index is -5.77. The molecule has 2 N–H and O–H groups in total. The van der Waals surface area contributed by atoms with Gasteiger partial charge >= 0.3 is 12.1 Å². The van der Waals surface area contributed by atoms with Crippen molar-refractivity contribution in [3.05, 3.63) is 59.7 Å². The average molecular weight is 364 g/mol. The van der Waals surface area contributed by atoms with E-state index in [2.05, 4.69) is 0 Å². The van der Waals surface area contributed by atoms with E-state index in [-0.39, 0.29) is 22.6 Å². The van der Waals surface area contributed by atoms with Crippen LogP contribution in [0, 0.1) is 0 Å². The van der Waals surface area contributed by atoms with Gasteiger partial charge in [0, 0.05) is 0 Å². The number of hydrogen-bond donors (Lipinski definition) is 2. The number of halogens is 6. The van der Waals surface area contributed by atoms with Gasteiger partial charge in [-0.2, -0.15) is 13.2 Å². The molecule has 0 saturated heterocycles. The van der Waals surface area contributed by atoms with Crippen LogP contribution in [0.2, 0.25) is 0 Å². The molecule has 0 spiro atoms. The first-order valence-corrected chi connectivity index (χ1v) is 7.08. The molecule has 25 heavy (non-hydrogen) atoms. The molecule has 2 aromatic rings. The Labute approximate surface area is 139 Å². The Balaban J connectivity index is 2.71. The Morgan fingerprint density at radius 3 is 1.32 bits per heavy atom. The van der Waals surface area contributed by atoms with Crippen LogP contribution < -0.4 is 0 Å². The van der Waals surface area contributed by atoms with Crippen molar-refractivity contribution in [3.8, 4) is 11.5 Å². The van der Waals surface area contributed by atoms with Crippen molar-refractivity contribution in [2.75, 3.05) is 0 Å². The summed E-state index contributed by atoms with van der Waals surface area (Å²) in [6, 6.07) is 8.07. The highest BCUT2D eigenvalue weighted by molar-refractivity contribution is 5.45. The predicted molar refractivity (Wildman–Crippen MR) is 78.6 cm³/mol. The van der Waals surface area contributed by atoms with E-state index in [9.17, 15) is 36.6 Å². The topological polar surface area (TPSA) is 40.5 Å². The Hall–Kier alpha value is -2.38. The predicted octanol–water partition coefficient (Wildman–Crippen LogP) is 4.94. The zero-order valence-electron chi connectivity index (χ0n) is 12.9. The van der Waals surface area contributed by atoms with Gasteiger partial charge in [-0.15, -0.1) is 0 Å². The van der Waals surface area contributed by atoms with E-state index in [0.29, 0.717) is 0 Å². The van der Waals surface area contributed by atoms with Gasteiger partial charge in [0.1, 0.15) is 11.5 Å². The largest absolute Gasteiger partial charge is 0.508 e. The molecule has 0 heterocycles. The molecule has 0 amide bonds. The molecule has 0 aliphatic rings. The zero-order chi connectivity index (χ0) is 19.0. The van der Waals surface area contributed by atoms with Gasteiger partial charge in [-0.05, 0) is 42.3 Å². The fourth-order valence-electron chi connectivity index (χ4n) is 2.60. The molecule has 2 aromatic carbocycles. The van der Waals surface area contributed by atoms with E-state index in [1.165, 1.54) is 0 Å². The molecule has 0 saturated carbocycles. The summed E-state index contributed by atoms with van der Waals surface area (Å²) in [7, 11) is 0. The molecule has 136 valence electrons. The lowest BCUT2D eigenvalue weighted by Gasteiger charge is -2.40. The van der Waals surface area contributed by atoms with Crippen molar-refractivity contribution in [1.82, 2.24) is 0 Å². The molecule has 0 radical (unpaired) electrons. The van der Waals surface area contributed by atoms with Gasteiger partial charge < -0.3 is 10.2 Å². The fraction of sp³-hybridized carbons (Fsp3) is 0.294. The Morgan fingerprint density at radius 1 is 0.720 bits per heavy atom. The molecule has 8 heteroatoms. The maximum atomic E-state index is 14.7. The quantitative estimate of drug-likeness (QED) is 0.755. The van der Waals surface area contributed by atoms with Crippen LogP contribution in [0.3, 0.4) is 0 Å². The maximum absolute atomic E-state index is 14.7. The lowest BCUT2D eigenvalue weighted by molar-refractivity contribution is -0.258. The van der Waals surface area contributed by atoms with E-state index >= 15 is 0 Å². The molecule has 0 fully saturated rings. The van der Waals surface area contributed by atoms with E-state index in [1.54, 1.807) is 0 Å². The van der Waals surface area contributed by atoms with E-state index in [4.69, 9.17) is 0 Å². The van der Waals surface area contributed by atoms with Crippen LogP contribution in [-0.4, -0.2) is 28.5 Å². The lowest BCUT2D eigenvalue weighted by Crippen LogP contribution is -2.55. The molecule has 1 unspecified atom stereocenters. The minimum Gasteiger partial charge on any atom is -0.508 e. The highest BCUT2D eigenvalue weighted by Crippen LogP contribution is 2.51. The molecule has 2 rings (SSSR count). The number of benzene rings is 2. The van der Waals surface area contributed by atoms with Crippen molar-refractivity contribution >= 4 is 0 Å². The summed E-state index contributed by atoms with van der Waals surface area (Å²) in [5.74, 6) is -5.43. The second-order valence-corrected chi connectivity index (χ2v) is 5.75. The third kappa shape index (κ3) is 3.25. The highest BCUT2D eigenvalue weighted by Gasteiger charge is 2.66.